The molecule has 4 nitrogen and oxygen atoms in total. The van der Waals surface area contributed by atoms with Gasteiger partial charge in [0.2, 0.25) is 0 Å². The summed E-state index contributed by atoms with van der Waals surface area (Å²) in [6.45, 7) is 14.8. The highest BCUT2D eigenvalue weighted by Gasteiger charge is 2.35. The Balaban J connectivity index is 1.96. The fourth-order valence-corrected chi connectivity index (χ4v) is 3.57. The Bertz CT molecular complexity index is 932. The van der Waals surface area contributed by atoms with Crippen molar-refractivity contribution in [2.45, 2.75) is 53.9 Å². The molecule has 0 saturated carbocycles. The van der Waals surface area contributed by atoms with Crippen LogP contribution in [-0.2, 0) is 5.41 Å². The van der Waals surface area contributed by atoms with Crippen LogP contribution >= 0.6 is 0 Å². The first-order valence-corrected chi connectivity index (χ1v) is 8.95. The summed E-state index contributed by atoms with van der Waals surface area (Å²) >= 11 is 0. The molecule has 3 heterocycles. The van der Waals surface area contributed by atoms with Crippen molar-refractivity contribution < 1.29 is 13.6 Å². The summed E-state index contributed by atoms with van der Waals surface area (Å²) in [5.41, 5.74) is 4.84. The number of anilines is 3. The zero-order valence-corrected chi connectivity index (χ0v) is 16.5. The maximum Gasteiger partial charge on any atom is 0.250 e. The minimum absolute atomic E-state index is 0.0952. The van der Waals surface area contributed by atoms with Crippen LogP contribution in [0.3, 0.4) is 0 Å². The van der Waals surface area contributed by atoms with E-state index in [9.17, 15) is 0 Å². The molecule has 0 aliphatic carbocycles. The van der Waals surface area contributed by atoms with Gasteiger partial charge >= 0.3 is 0 Å². The molecule has 4 rings (SSSR count). The van der Waals surface area contributed by atoms with E-state index in [0.29, 0.717) is 11.8 Å². The first-order chi connectivity index (χ1) is 12.1. The van der Waals surface area contributed by atoms with Gasteiger partial charge in [-0.3, -0.25) is 0 Å². The van der Waals surface area contributed by atoms with Crippen molar-refractivity contribution in [3.8, 4) is 11.5 Å². The lowest BCUT2D eigenvalue weighted by atomic mass is 9.84. The van der Waals surface area contributed by atoms with Gasteiger partial charge in [-0.2, -0.15) is 0 Å². The van der Waals surface area contributed by atoms with Gasteiger partial charge in [0.05, 0.1) is 5.69 Å². The van der Waals surface area contributed by atoms with Crippen molar-refractivity contribution in [1.29, 1.82) is 0 Å². The van der Waals surface area contributed by atoms with Gasteiger partial charge in [-0.15, -0.1) is 0 Å². The third kappa shape index (κ3) is 2.52. The molecule has 0 amide bonds. The molecule has 0 saturated heterocycles. The molecule has 2 aromatic heterocycles. The lowest BCUT2D eigenvalue weighted by Crippen LogP contribution is -2.18. The number of hydrogen-bond acceptors (Lipinski definition) is 4. The van der Waals surface area contributed by atoms with Crippen LogP contribution in [0, 0.1) is 27.7 Å². The molecule has 0 bridgehead atoms. The molecule has 26 heavy (non-hydrogen) atoms. The predicted octanol–water partition coefficient (Wildman–Crippen LogP) is 6.98. The second-order valence-corrected chi connectivity index (χ2v) is 8.20. The van der Waals surface area contributed by atoms with E-state index >= 15 is 0 Å². The van der Waals surface area contributed by atoms with Crippen LogP contribution < -0.4 is 9.64 Å². The van der Waals surface area contributed by atoms with E-state index in [1.165, 1.54) is 16.7 Å². The summed E-state index contributed by atoms with van der Waals surface area (Å²) in [7, 11) is 0. The van der Waals surface area contributed by atoms with Gasteiger partial charge < -0.3 is 13.6 Å². The minimum Gasteiger partial charge on any atom is -0.446 e. The van der Waals surface area contributed by atoms with Gasteiger partial charge in [0.15, 0.2) is 11.5 Å². The van der Waals surface area contributed by atoms with Gasteiger partial charge in [-0.05, 0) is 49.8 Å². The molecule has 1 aliphatic rings. The number of ether oxygens (including phenoxy) is 1. The molecule has 0 radical (unpaired) electrons. The number of hydrogen-bond donors (Lipinski definition) is 0. The molecule has 1 aromatic carbocycles. The van der Waals surface area contributed by atoms with Gasteiger partial charge in [0.1, 0.15) is 11.5 Å². The highest BCUT2D eigenvalue weighted by molar-refractivity contribution is 5.83. The van der Waals surface area contributed by atoms with E-state index in [-0.39, 0.29) is 5.41 Å². The van der Waals surface area contributed by atoms with Crippen LogP contribution in [0.15, 0.2) is 33.1 Å². The van der Waals surface area contributed by atoms with Gasteiger partial charge in [-0.1, -0.05) is 32.9 Å². The van der Waals surface area contributed by atoms with Crippen molar-refractivity contribution in [3.05, 3.63) is 52.5 Å². The highest BCUT2D eigenvalue weighted by atomic mass is 16.5. The maximum absolute atomic E-state index is 6.00. The van der Waals surface area contributed by atoms with E-state index < -0.39 is 0 Å². The first kappa shape index (κ1) is 16.8. The largest absolute Gasteiger partial charge is 0.446 e. The molecule has 0 spiro atoms. The zero-order valence-electron chi connectivity index (χ0n) is 16.5. The van der Waals surface area contributed by atoms with E-state index in [2.05, 4.69) is 46.8 Å². The van der Waals surface area contributed by atoms with Crippen LogP contribution in [-0.4, -0.2) is 0 Å². The fraction of sp³-hybridized carbons (Fsp3) is 0.364. The number of furan rings is 2. The zero-order chi connectivity index (χ0) is 18.8. The van der Waals surface area contributed by atoms with E-state index in [0.717, 1.165) is 28.7 Å². The lowest BCUT2D eigenvalue weighted by molar-refractivity contribution is 0.432. The highest BCUT2D eigenvalue weighted by Crippen LogP contribution is 2.54. The minimum atomic E-state index is 0.0952. The first-order valence-electron chi connectivity index (χ1n) is 8.95. The molecule has 4 heteroatoms. The van der Waals surface area contributed by atoms with Crippen LogP contribution in [0.4, 0.5) is 17.5 Å². The summed E-state index contributed by atoms with van der Waals surface area (Å²) in [5, 5.41) is 0. The quantitative estimate of drug-likeness (QED) is 0.371. The summed E-state index contributed by atoms with van der Waals surface area (Å²) in [5.74, 6) is 4.38. The van der Waals surface area contributed by atoms with E-state index in [4.69, 9.17) is 13.6 Å². The molecule has 3 aromatic rings. The van der Waals surface area contributed by atoms with Crippen molar-refractivity contribution in [2.24, 2.45) is 0 Å². The normalized spacial score (nSPS) is 13.4. The number of aryl methyl sites for hydroxylation is 4. The monoisotopic (exact) mass is 351 g/mol. The summed E-state index contributed by atoms with van der Waals surface area (Å²) in [6, 6.07) is 8.34. The molecular formula is C22H25NO3. The van der Waals surface area contributed by atoms with E-state index in [1.54, 1.807) is 0 Å². The van der Waals surface area contributed by atoms with Crippen LogP contribution in [0.5, 0.6) is 11.5 Å². The summed E-state index contributed by atoms with van der Waals surface area (Å²) < 4.78 is 18.0. The van der Waals surface area contributed by atoms with E-state index in [1.807, 2.05) is 30.9 Å². The average molecular weight is 351 g/mol. The number of fused-ring (bicyclic) bond motifs is 2. The third-order valence-corrected chi connectivity index (χ3v) is 4.81. The van der Waals surface area contributed by atoms with Crippen molar-refractivity contribution in [3.63, 3.8) is 0 Å². The standard InChI is InChI=1S/C22H25NO3/c1-12-8-16(22(5,6)7)9-13(2)19(12)23-20-17(10-14(3)24-20)26-18-11-15(4)25-21(18)23/h8-11H,1-7H3. The van der Waals surface area contributed by atoms with Crippen LogP contribution in [0.25, 0.3) is 0 Å². The Morgan fingerprint density at radius 1 is 0.731 bits per heavy atom. The van der Waals surface area contributed by atoms with Gasteiger partial charge in [-0.25, -0.2) is 4.90 Å². The lowest BCUT2D eigenvalue weighted by Gasteiger charge is -2.30. The number of benzene rings is 1. The van der Waals surface area contributed by atoms with Crippen molar-refractivity contribution in [1.82, 2.24) is 0 Å². The molecule has 0 atom stereocenters. The fourth-order valence-electron chi connectivity index (χ4n) is 3.57. The Morgan fingerprint density at radius 2 is 1.19 bits per heavy atom. The van der Waals surface area contributed by atoms with Crippen molar-refractivity contribution >= 4 is 17.5 Å². The topological polar surface area (TPSA) is 38.8 Å². The average Bonchev–Trinajstić information content (AvgIpc) is 3.05. The van der Waals surface area contributed by atoms with Gasteiger partial charge in [0.25, 0.3) is 11.8 Å². The molecule has 0 fully saturated rings. The van der Waals surface area contributed by atoms with Crippen LogP contribution in [0.1, 0.15) is 49.0 Å². The second-order valence-electron chi connectivity index (χ2n) is 8.20. The summed E-state index contributed by atoms with van der Waals surface area (Å²) in [6.07, 6.45) is 0. The number of nitrogens with zero attached hydrogens (tertiary/aromatic N) is 1. The molecular weight excluding hydrogens is 326 g/mol. The SMILES string of the molecule is Cc1cc2c(o1)N(c1c(C)cc(C(C)(C)C)cc1C)c1oc(C)cc1O2. The van der Waals surface area contributed by atoms with Crippen molar-refractivity contribution in [2.75, 3.05) is 4.90 Å². The molecule has 136 valence electrons. The Kier molecular flexibility index (Phi) is 3.52. The number of rotatable bonds is 1. The van der Waals surface area contributed by atoms with Crippen LogP contribution in [0.2, 0.25) is 0 Å². The molecule has 0 unspecified atom stereocenters. The Hall–Kier alpha value is -2.62. The molecule has 0 N–H and O–H groups in total. The van der Waals surface area contributed by atoms with Gasteiger partial charge in [0, 0.05) is 12.1 Å². The summed E-state index contributed by atoms with van der Waals surface area (Å²) in [4.78, 5) is 2.05. The predicted molar refractivity (Wildman–Crippen MR) is 103 cm³/mol. The Morgan fingerprint density at radius 3 is 1.62 bits per heavy atom. The Labute approximate surface area is 154 Å². The second kappa shape index (κ2) is 5.44. The smallest absolute Gasteiger partial charge is 0.250 e. The third-order valence-electron chi connectivity index (χ3n) is 4.81. The maximum atomic E-state index is 6.00. The molecule has 1 aliphatic heterocycles.